The summed E-state index contributed by atoms with van der Waals surface area (Å²) in [6, 6.07) is 15.8. The molecule has 0 aromatic heterocycles. The van der Waals surface area contributed by atoms with Gasteiger partial charge in [-0.05, 0) is 11.6 Å². The van der Waals surface area contributed by atoms with E-state index in [1.54, 1.807) is 17.0 Å². The highest BCUT2D eigenvalue weighted by Gasteiger charge is 2.38. The molecule has 23 heavy (non-hydrogen) atoms. The summed E-state index contributed by atoms with van der Waals surface area (Å²) in [5, 5.41) is 2.40. The van der Waals surface area contributed by atoms with Gasteiger partial charge in [-0.2, -0.15) is 0 Å². The normalized spacial score (nSPS) is 16.1. The Labute approximate surface area is 132 Å². The van der Waals surface area contributed by atoms with Crippen molar-refractivity contribution in [1.29, 1.82) is 0 Å². The predicted molar refractivity (Wildman–Crippen MR) is 84.2 cm³/mol. The van der Waals surface area contributed by atoms with Gasteiger partial charge in [0, 0.05) is 11.3 Å². The summed E-state index contributed by atoms with van der Waals surface area (Å²) in [7, 11) is 0. The van der Waals surface area contributed by atoms with Gasteiger partial charge in [0.2, 0.25) is 0 Å². The number of para-hydroxylation sites is 1. The van der Waals surface area contributed by atoms with Gasteiger partial charge in [-0.15, -0.1) is 0 Å². The van der Waals surface area contributed by atoms with Crippen LogP contribution < -0.4 is 16.0 Å². The Kier molecular flexibility index (Phi) is 3.80. The van der Waals surface area contributed by atoms with E-state index in [-0.39, 0.29) is 5.91 Å². The predicted octanol–water partition coefficient (Wildman–Crippen LogP) is 0.876. The molecule has 0 spiro atoms. The van der Waals surface area contributed by atoms with E-state index < -0.39 is 17.9 Å². The molecule has 116 valence electrons. The maximum Gasteiger partial charge on any atom is 0.309 e. The SMILES string of the molecule is NC(=O)C(=O)N[C@@H]1C(=O)N(Cc2ccccc2)c2ccccc21. The van der Waals surface area contributed by atoms with Gasteiger partial charge in [0.05, 0.1) is 6.54 Å². The summed E-state index contributed by atoms with van der Waals surface area (Å²) in [5.74, 6) is -2.37. The third-order valence-corrected chi connectivity index (χ3v) is 3.73. The summed E-state index contributed by atoms with van der Waals surface area (Å²) in [6.45, 7) is 0.389. The lowest BCUT2D eigenvalue weighted by Crippen LogP contribution is -2.42. The molecule has 0 saturated heterocycles. The van der Waals surface area contributed by atoms with Crippen molar-refractivity contribution in [2.75, 3.05) is 4.90 Å². The number of primary amides is 1. The van der Waals surface area contributed by atoms with Crippen molar-refractivity contribution in [1.82, 2.24) is 5.32 Å². The molecule has 0 aliphatic carbocycles. The maximum atomic E-state index is 12.7. The molecule has 6 nitrogen and oxygen atoms in total. The Morgan fingerprint density at radius 2 is 1.70 bits per heavy atom. The van der Waals surface area contributed by atoms with Crippen LogP contribution in [0.5, 0.6) is 0 Å². The van der Waals surface area contributed by atoms with E-state index in [9.17, 15) is 14.4 Å². The minimum atomic E-state index is -1.11. The van der Waals surface area contributed by atoms with E-state index in [0.29, 0.717) is 12.1 Å². The highest BCUT2D eigenvalue weighted by molar-refractivity contribution is 6.35. The van der Waals surface area contributed by atoms with E-state index in [0.717, 1.165) is 11.3 Å². The lowest BCUT2D eigenvalue weighted by molar-refractivity contribution is -0.138. The van der Waals surface area contributed by atoms with E-state index in [1.165, 1.54) is 0 Å². The zero-order chi connectivity index (χ0) is 16.4. The molecule has 1 heterocycles. The number of nitrogens with one attached hydrogen (secondary N) is 1. The molecule has 6 heteroatoms. The molecule has 0 saturated carbocycles. The quantitative estimate of drug-likeness (QED) is 0.824. The summed E-state index contributed by atoms with van der Waals surface area (Å²) in [5.41, 5.74) is 7.31. The van der Waals surface area contributed by atoms with Crippen LogP contribution in [-0.4, -0.2) is 17.7 Å². The minimum absolute atomic E-state index is 0.287. The first kappa shape index (κ1) is 14.8. The molecule has 0 fully saturated rings. The Balaban J connectivity index is 1.92. The number of rotatable bonds is 3. The van der Waals surface area contributed by atoms with Crippen molar-refractivity contribution in [2.45, 2.75) is 12.6 Å². The molecule has 1 aliphatic heterocycles. The standard InChI is InChI=1S/C17H15N3O3/c18-15(21)16(22)19-14-12-8-4-5-9-13(12)20(17(14)23)10-11-6-2-1-3-7-11/h1-9,14H,10H2,(H2,18,21)(H,19,22)/t14-/m0/s1. The van der Waals surface area contributed by atoms with Crippen LogP contribution in [0.2, 0.25) is 0 Å². The number of benzene rings is 2. The zero-order valence-corrected chi connectivity index (χ0v) is 12.2. The summed E-state index contributed by atoms with van der Waals surface area (Å²) in [6.07, 6.45) is 0. The third-order valence-electron chi connectivity index (χ3n) is 3.73. The molecule has 1 atom stereocenters. The minimum Gasteiger partial charge on any atom is -0.361 e. The van der Waals surface area contributed by atoms with Crippen molar-refractivity contribution < 1.29 is 14.4 Å². The monoisotopic (exact) mass is 309 g/mol. The fraction of sp³-hybridized carbons (Fsp3) is 0.118. The fourth-order valence-corrected chi connectivity index (χ4v) is 2.66. The van der Waals surface area contributed by atoms with Crippen LogP contribution in [0.3, 0.4) is 0 Å². The van der Waals surface area contributed by atoms with E-state index in [4.69, 9.17) is 5.73 Å². The van der Waals surface area contributed by atoms with Crippen LogP contribution in [0.1, 0.15) is 17.2 Å². The van der Waals surface area contributed by atoms with Crippen LogP contribution >= 0.6 is 0 Å². The second kappa shape index (κ2) is 5.92. The number of carbonyl (C=O) groups excluding carboxylic acids is 3. The molecule has 3 amide bonds. The van der Waals surface area contributed by atoms with Crippen molar-refractivity contribution in [3.05, 3.63) is 65.7 Å². The molecule has 3 rings (SSSR count). The first-order chi connectivity index (χ1) is 11.1. The van der Waals surface area contributed by atoms with Gasteiger partial charge in [0.25, 0.3) is 5.91 Å². The number of carbonyl (C=O) groups is 3. The molecular formula is C17H15N3O3. The molecule has 0 bridgehead atoms. The molecule has 3 N–H and O–H groups in total. The number of nitrogens with two attached hydrogens (primary N) is 1. The molecule has 2 aromatic rings. The number of anilines is 1. The smallest absolute Gasteiger partial charge is 0.309 e. The van der Waals surface area contributed by atoms with Crippen LogP contribution in [0.25, 0.3) is 0 Å². The van der Waals surface area contributed by atoms with Crippen molar-refractivity contribution >= 4 is 23.4 Å². The Bertz CT molecular complexity index is 774. The van der Waals surface area contributed by atoms with Crippen molar-refractivity contribution in [3.8, 4) is 0 Å². The molecule has 0 unspecified atom stereocenters. The topological polar surface area (TPSA) is 92.5 Å². The Morgan fingerprint density at radius 1 is 1.04 bits per heavy atom. The largest absolute Gasteiger partial charge is 0.361 e. The Hall–Kier alpha value is -3.15. The second-order valence-corrected chi connectivity index (χ2v) is 5.24. The lowest BCUT2D eigenvalue weighted by atomic mass is 10.1. The number of fused-ring (bicyclic) bond motifs is 1. The van der Waals surface area contributed by atoms with Gasteiger partial charge in [-0.3, -0.25) is 14.4 Å². The van der Waals surface area contributed by atoms with Crippen LogP contribution in [0.4, 0.5) is 5.69 Å². The van der Waals surface area contributed by atoms with Crippen LogP contribution in [0.15, 0.2) is 54.6 Å². The highest BCUT2D eigenvalue weighted by atomic mass is 16.2. The van der Waals surface area contributed by atoms with Gasteiger partial charge < -0.3 is 16.0 Å². The number of hydrogen-bond acceptors (Lipinski definition) is 3. The number of hydrogen-bond donors (Lipinski definition) is 2. The van der Waals surface area contributed by atoms with Gasteiger partial charge in [-0.25, -0.2) is 0 Å². The fourth-order valence-electron chi connectivity index (χ4n) is 2.66. The van der Waals surface area contributed by atoms with E-state index in [1.807, 2.05) is 42.5 Å². The zero-order valence-electron chi connectivity index (χ0n) is 12.2. The van der Waals surface area contributed by atoms with Crippen LogP contribution in [0, 0.1) is 0 Å². The first-order valence-electron chi connectivity index (χ1n) is 7.12. The van der Waals surface area contributed by atoms with E-state index in [2.05, 4.69) is 5.32 Å². The average molecular weight is 309 g/mol. The molecular weight excluding hydrogens is 294 g/mol. The van der Waals surface area contributed by atoms with E-state index >= 15 is 0 Å². The van der Waals surface area contributed by atoms with Crippen LogP contribution in [-0.2, 0) is 20.9 Å². The number of amides is 3. The van der Waals surface area contributed by atoms with Crippen molar-refractivity contribution in [2.24, 2.45) is 5.73 Å². The molecule has 2 aromatic carbocycles. The second-order valence-electron chi connectivity index (χ2n) is 5.24. The molecule has 1 aliphatic rings. The van der Waals surface area contributed by atoms with Crippen molar-refractivity contribution in [3.63, 3.8) is 0 Å². The van der Waals surface area contributed by atoms with Gasteiger partial charge in [0.15, 0.2) is 0 Å². The maximum absolute atomic E-state index is 12.7. The number of nitrogens with zero attached hydrogens (tertiary/aromatic N) is 1. The van der Waals surface area contributed by atoms with Gasteiger partial charge >= 0.3 is 11.8 Å². The summed E-state index contributed by atoms with van der Waals surface area (Å²) >= 11 is 0. The summed E-state index contributed by atoms with van der Waals surface area (Å²) < 4.78 is 0. The average Bonchev–Trinajstić information content (AvgIpc) is 2.82. The molecule has 0 radical (unpaired) electrons. The van der Waals surface area contributed by atoms with Gasteiger partial charge in [-0.1, -0.05) is 48.5 Å². The lowest BCUT2D eigenvalue weighted by Gasteiger charge is -2.18. The Morgan fingerprint density at radius 3 is 2.39 bits per heavy atom. The van der Waals surface area contributed by atoms with Gasteiger partial charge in [0.1, 0.15) is 6.04 Å². The first-order valence-corrected chi connectivity index (χ1v) is 7.12. The highest BCUT2D eigenvalue weighted by Crippen LogP contribution is 2.36. The third kappa shape index (κ3) is 2.78. The summed E-state index contributed by atoms with van der Waals surface area (Å²) in [4.78, 5) is 36.8.